The summed E-state index contributed by atoms with van der Waals surface area (Å²) in [6.45, 7) is 0.577. The van der Waals surface area contributed by atoms with E-state index in [1.54, 1.807) is 0 Å². The Kier molecular flexibility index (Phi) is 4.63. The topological polar surface area (TPSA) is 9.23 Å². The van der Waals surface area contributed by atoms with Crippen molar-refractivity contribution < 1.29 is 4.74 Å². The number of ether oxygens (including phenoxy) is 1. The minimum Gasteiger partial charge on any atom is -0.489 e. The summed E-state index contributed by atoms with van der Waals surface area (Å²) in [6.07, 6.45) is 0. The van der Waals surface area contributed by atoms with Crippen LogP contribution in [0.1, 0.15) is 11.1 Å². The van der Waals surface area contributed by atoms with Crippen molar-refractivity contribution in [3.8, 4) is 5.75 Å². The minimum atomic E-state index is 0.577. The molecule has 2 aromatic rings. The Morgan fingerprint density at radius 2 is 1.82 bits per heavy atom. The smallest absolute Gasteiger partial charge is 0.120 e. The van der Waals surface area contributed by atoms with Crippen LogP contribution in [0.5, 0.6) is 5.75 Å². The summed E-state index contributed by atoms with van der Waals surface area (Å²) >= 11 is 6.95. The average Bonchev–Trinajstić information content (AvgIpc) is 2.38. The summed E-state index contributed by atoms with van der Waals surface area (Å²) in [7, 11) is 0. The third-order valence-corrected chi connectivity index (χ3v) is 3.83. The molecular weight excluding hydrogens is 344 g/mol. The first-order valence-electron chi connectivity index (χ1n) is 5.30. The predicted octanol–water partition coefficient (Wildman–Crippen LogP) is 4.92. The quantitative estimate of drug-likeness (QED) is 0.707. The molecule has 1 nitrogen and oxygen atoms in total. The highest BCUT2D eigenvalue weighted by atomic mass is 79.9. The van der Waals surface area contributed by atoms with Gasteiger partial charge in [-0.1, -0.05) is 62.2 Å². The monoisotopic (exact) mass is 354 g/mol. The van der Waals surface area contributed by atoms with E-state index in [0.29, 0.717) is 6.61 Å². The van der Waals surface area contributed by atoms with Crippen molar-refractivity contribution in [1.29, 1.82) is 0 Å². The first kappa shape index (κ1) is 12.7. The molecule has 0 saturated carbocycles. The highest BCUT2D eigenvalue weighted by Crippen LogP contribution is 2.20. The van der Waals surface area contributed by atoms with Gasteiger partial charge in [0.05, 0.1) is 0 Å². The first-order chi connectivity index (χ1) is 8.29. The number of hydrogen-bond acceptors (Lipinski definition) is 1. The molecule has 0 N–H and O–H groups in total. The second kappa shape index (κ2) is 6.22. The van der Waals surface area contributed by atoms with Gasteiger partial charge in [0.15, 0.2) is 0 Å². The van der Waals surface area contributed by atoms with Crippen LogP contribution in [0, 0.1) is 0 Å². The summed E-state index contributed by atoms with van der Waals surface area (Å²) in [6, 6.07) is 16.2. The highest BCUT2D eigenvalue weighted by Gasteiger charge is 2.00. The molecule has 3 heteroatoms. The lowest BCUT2D eigenvalue weighted by Gasteiger charge is -2.08. The lowest BCUT2D eigenvalue weighted by Crippen LogP contribution is -1.96. The molecule has 17 heavy (non-hydrogen) atoms. The Morgan fingerprint density at radius 1 is 1.00 bits per heavy atom. The van der Waals surface area contributed by atoms with E-state index < -0.39 is 0 Å². The molecule has 88 valence electrons. The zero-order chi connectivity index (χ0) is 12.1. The highest BCUT2D eigenvalue weighted by molar-refractivity contribution is 9.10. The summed E-state index contributed by atoms with van der Waals surface area (Å²) in [5, 5.41) is 0.846. The van der Waals surface area contributed by atoms with Gasteiger partial charge in [-0.15, -0.1) is 0 Å². The van der Waals surface area contributed by atoms with Gasteiger partial charge < -0.3 is 4.74 Å². The maximum absolute atomic E-state index is 5.76. The molecule has 0 aromatic heterocycles. The SMILES string of the molecule is BrCc1cccc(OCc2ccccc2Br)c1. The van der Waals surface area contributed by atoms with Crippen LogP contribution in [0.3, 0.4) is 0 Å². The number of hydrogen-bond donors (Lipinski definition) is 0. The van der Waals surface area contributed by atoms with Crippen LogP contribution in [0.4, 0.5) is 0 Å². The van der Waals surface area contributed by atoms with Crippen LogP contribution in [0.2, 0.25) is 0 Å². The van der Waals surface area contributed by atoms with Crippen molar-refractivity contribution in [3.05, 3.63) is 64.1 Å². The molecule has 0 amide bonds. The molecule has 0 radical (unpaired) electrons. The number of rotatable bonds is 4. The molecule has 0 aliphatic carbocycles. The van der Waals surface area contributed by atoms with Gasteiger partial charge in [-0.25, -0.2) is 0 Å². The van der Waals surface area contributed by atoms with Crippen molar-refractivity contribution >= 4 is 31.9 Å². The molecule has 0 atom stereocenters. The average molecular weight is 356 g/mol. The second-order valence-electron chi connectivity index (χ2n) is 3.66. The lowest BCUT2D eigenvalue weighted by atomic mass is 10.2. The second-order valence-corrected chi connectivity index (χ2v) is 5.08. The van der Waals surface area contributed by atoms with Crippen LogP contribution in [0.15, 0.2) is 53.0 Å². The molecule has 0 saturated heterocycles. The Hall–Kier alpha value is -0.800. The summed E-state index contributed by atoms with van der Waals surface area (Å²) < 4.78 is 6.84. The van der Waals surface area contributed by atoms with Gasteiger partial charge in [0, 0.05) is 15.4 Å². The molecule has 0 bridgehead atoms. The van der Waals surface area contributed by atoms with E-state index in [4.69, 9.17) is 4.74 Å². The number of benzene rings is 2. The van der Waals surface area contributed by atoms with E-state index in [2.05, 4.69) is 44.0 Å². The summed E-state index contributed by atoms with van der Waals surface area (Å²) in [5.74, 6) is 0.901. The minimum absolute atomic E-state index is 0.577. The summed E-state index contributed by atoms with van der Waals surface area (Å²) in [4.78, 5) is 0. The van der Waals surface area contributed by atoms with Gasteiger partial charge in [0.25, 0.3) is 0 Å². The van der Waals surface area contributed by atoms with Crippen LogP contribution in [-0.2, 0) is 11.9 Å². The fourth-order valence-electron chi connectivity index (χ4n) is 1.49. The molecule has 0 aliphatic rings. The third-order valence-electron chi connectivity index (χ3n) is 2.40. The van der Waals surface area contributed by atoms with Crippen molar-refractivity contribution in [2.45, 2.75) is 11.9 Å². The lowest BCUT2D eigenvalue weighted by molar-refractivity contribution is 0.305. The predicted molar refractivity (Wildman–Crippen MR) is 77.5 cm³/mol. The van der Waals surface area contributed by atoms with E-state index in [9.17, 15) is 0 Å². The molecule has 0 spiro atoms. The Bertz CT molecular complexity index is 497. The van der Waals surface area contributed by atoms with E-state index in [1.807, 2.05) is 36.4 Å². The largest absolute Gasteiger partial charge is 0.489 e. The van der Waals surface area contributed by atoms with Gasteiger partial charge in [0.1, 0.15) is 12.4 Å². The Morgan fingerprint density at radius 3 is 2.59 bits per heavy atom. The van der Waals surface area contributed by atoms with Gasteiger partial charge in [-0.05, 0) is 23.8 Å². The number of alkyl halides is 1. The molecule has 0 fully saturated rings. The molecule has 2 aromatic carbocycles. The van der Waals surface area contributed by atoms with Gasteiger partial charge in [-0.3, -0.25) is 0 Å². The normalized spacial score (nSPS) is 10.2. The van der Waals surface area contributed by atoms with Crippen molar-refractivity contribution in [3.63, 3.8) is 0 Å². The van der Waals surface area contributed by atoms with Crippen molar-refractivity contribution in [1.82, 2.24) is 0 Å². The van der Waals surface area contributed by atoms with Gasteiger partial charge in [0.2, 0.25) is 0 Å². The van der Waals surface area contributed by atoms with Crippen LogP contribution < -0.4 is 4.74 Å². The zero-order valence-electron chi connectivity index (χ0n) is 9.20. The van der Waals surface area contributed by atoms with Crippen LogP contribution >= 0.6 is 31.9 Å². The summed E-state index contributed by atoms with van der Waals surface area (Å²) in [5.41, 5.74) is 2.37. The fraction of sp³-hybridized carbons (Fsp3) is 0.143. The van der Waals surface area contributed by atoms with E-state index in [0.717, 1.165) is 21.1 Å². The fourth-order valence-corrected chi connectivity index (χ4v) is 2.24. The van der Waals surface area contributed by atoms with Gasteiger partial charge >= 0.3 is 0 Å². The molecule has 0 heterocycles. The number of halogens is 2. The third kappa shape index (κ3) is 3.58. The first-order valence-corrected chi connectivity index (χ1v) is 7.22. The zero-order valence-corrected chi connectivity index (χ0v) is 12.4. The van der Waals surface area contributed by atoms with Crippen molar-refractivity contribution in [2.75, 3.05) is 0 Å². The maximum Gasteiger partial charge on any atom is 0.120 e. The Balaban J connectivity index is 2.05. The van der Waals surface area contributed by atoms with Crippen LogP contribution in [-0.4, -0.2) is 0 Å². The van der Waals surface area contributed by atoms with Crippen LogP contribution in [0.25, 0.3) is 0 Å². The molecule has 0 aliphatic heterocycles. The maximum atomic E-state index is 5.76. The van der Waals surface area contributed by atoms with Crippen molar-refractivity contribution in [2.24, 2.45) is 0 Å². The molecule has 0 unspecified atom stereocenters. The molecule has 2 rings (SSSR count). The standard InChI is InChI=1S/C14H12Br2O/c15-9-11-4-3-6-13(8-11)17-10-12-5-1-2-7-14(12)16/h1-8H,9-10H2. The van der Waals surface area contributed by atoms with E-state index >= 15 is 0 Å². The van der Waals surface area contributed by atoms with E-state index in [-0.39, 0.29) is 0 Å². The van der Waals surface area contributed by atoms with Gasteiger partial charge in [-0.2, -0.15) is 0 Å². The van der Waals surface area contributed by atoms with E-state index in [1.165, 1.54) is 5.56 Å². The molecular formula is C14H12Br2O. The Labute approximate surface area is 118 Å².